The molecule has 1 saturated heterocycles. The van der Waals surface area contributed by atoms with Crippen LogP contribution in [0.15, 0.2) is 93.5 Å². The molecule has 5 rings (SSSR count). The molecule has 3 heterocycles. The van der Waals surface area contributed by atoms with E-state index in [0.717, 1.165) is 22.2 Å². The number of hydrogen-bond acceptors (Lipinski definition) is 5. The lowest BCUT2D eigenvalue weighted by molar-refractivity contribution is -0.122. The second kappa shape index (κ2) is 8.84. The predicted molar refractivity (Wildman–Crippen MR) is 129 cm³/mol. The highest BCUT2D eigenvalue weighted by Gasteiger charge is 2.34. The molecular formula is C25H20N4O3S. The molecule has 2 aromatic carbocycles. The number of thioether (sulfide) groups is 1. The molecule has 33 heavy (non-hydrogen) atoms. The van der Waals surface area contributed by atoms with Crippen molar-refractivity contribution in [2.75, 3.05) is 0 Å². The number of carbonyl (C=O) groups is 2. The lowest BCUT2D eigenvalue weighted by Gasteiger charge is -2.13. The van der Waals surface area contributed by atoms with Gasteiger partial charge in [-0.1, -0.05) is 36.4 Å². The van der Waals surface area contributed by atoms with E-state index in [1.807, 2.05) is 72.9 Å². The van der Waals surface area contributed by atoms with Crippen LogP contribution in [0.4, 0.5) is 5.69 Å². The first kappa shape index (κ1) is 20.8. The molecule has 1 aliphatic rings. The average molecular weight is 457 g/mol. The van der Waals surface area contributed by atoms with Gasteiger partial charge in [0.25, 0.3) is 5.91 Å². The van der Waals surface area contributed by atoms with Crippen molar-refractivity contribution >= 4 is 51.4 Å². The van der Waals surface area contributed by atoms with E-state index < -0.39 is 5.91 Å². The zero-order chi connectivity index (χ0) is 22.8. The number of amidine groups is 1. The standard InChI is InChI=1S/C25H20N4O3S/c26-23(30)16-28-14-17(20-10-4-5-11-21(20)28)13-22-24(31)29(15-19-9-6-12-32-19)25(33-22)27-18-7-2-1-3-8-18/h1-14H,15-16H2,(H2,26,30). The highest BCUT2D eigenvalue weighted by Crippen LogP contribution is 2.36. The summed E-state index contributed by atoms with van der Waals surface area (Å²) in [5.41, 5.74) is 7.89. The molecule has 164 valence electrons. The van der Waals surface area contributed by atoms with E-state index in [9.17, 15) is 9.59 Å². The summed E-state index contributed by atoms with van der Waals surface area (Å²) in [6.07, 6.45) is 5.27. The van der Waals surface area contributed by atoms with Crippen molar-refractivity contribution in [1.82, 2.24) is 9.47 Å². The summed E-state index contributed by atoms with van der Waals surface area (Å²) in [5, 5.41) is 1.51. The monoisotopic (exact) mass is 456 g/mol. The Morgan fingerprint density at radius 3 is 2.61 bits per heavy atom. The van der Waals surface area contributed by atoms with Crippen LogP contribution in [0.1, 0.15) is 11.3 Å². The predicted octanol–water partition coefficient (Wildman–Crippen LogP) is 4.52. The maximum Gasteiger partial charge on any atom is 0.267 e. The Bertz CT molecular complexity index is 1390. The van der Waals surface area contributed by atoms with E-state index in [1.54, 1.807) is 21.8 Å². The number of rotatable bonds is 6. The fourth-order valence-electron chi connectivity index (χ4n) is 3.73. The van der Waals surface area contributed by atoms with E-state index in [-0.39, 0.29) is 19.0 Å². The van der Waals surface area contributed by atoms with Gasteiger partial charge in [0.1, 0.15) is 12.3 Å². The summed E-state index contributed by atoms with van der Waals surface area (Å²) in [4.78, 5) is 31.8. The van der Waals surface area contributed by atoms with Gasteiger partial charge in [0.2, 0.25) is 5.91 Å². The summed E-state index contributed by atoms with van der Waals surface area (Å²) in [6, 6.07) is 20.9. The van der Waals surface area contributed by atoms with Gasteiger partial charge in [-0.05, 0) is 48.2 Å². The number of furan rings is 1. The van der Waals surface area contributed by atoms with Crippen molar-refractivity contribution in [3.8, 4) is 0 Å². The van der Waals surface area contributed by atoms with Gasteiger partial charge < -0.3 is 14.7 Å². The number of amides is 2. The van der Waals surface area contributed by atoms with Crippen LogP contribution in [0, 0.1) is 0 Å². The van der Waals surface area contributed by atoms with E-state index >= 15 is 0 Å². The number of primary amides is 1. The molecule has 0 unspecified atom stereocenters. The molecular weight excluding hydrogens is 436 g/mol. The SMILES string of the molecule is NC(=O)Cn1cc(C=C2SC(=Nc3ccccc3)N(Cc3ccco3)C2=O)c2ccccc21. The molecule has 2 N–H and O–H groups in total. The summed E-state index contributed by atoms with van der Waals surface area (Å²) >= 11 is 1.32. The maximum absolute atomic E-state index is 13.4. The Labute approximate surface area is 194 Å². The molecule has 2 aromatic heterocycles. The van der Waals surface area contributed by atoms with Gasteiger partial charge in [0.15, 0.2) is 5.17 Å². The van der Waals surface area contributed by atoms with Crippen LogP contribution in [0.25, 0.3) is 17.0 Å². The van der Waals surface area contributed by atoms with Gasteiger partial charge in [0, 0.05) is 22.7 Å². The largest absolute Gasteiger partial charge is 0.467 e. The third kappa shape index (κ3) is 4.33. The Hall–Kier alpha value is -4.04. The summed E-state index contributed by atoms with van der Waals surface area (Å²) in [7, 11) is 0. The quantitative estimate of drug-likeness (QED) is 0.432. The van der Waals surface area contributed by atoms with Gasteiger partial charge in [-0.2, -0.15) is 0 Å². The Morgan fingerprint density at radius 1 is 1.06 bits per heavy atom. The van der Waals surface area contributed by atoms with E-state index in [0.29, 0.717) is 15.8 Å². The van der Waals surface area contributed by atoms with Crippen molar-refractivity contribution in [3.05, 3.63) is 95.4 Å². The smallest absolute Gasteiger partial charge is 0.267 e. The molecule has 7 nitrogen and oxygen atoms in total. The van der Waals surface area contributed by atoms with Crippen molar-refractivity contribution in [2.45, 2.75) is 13.1 Å². The number of benzene rings is 2. The Morgan fingerprint density at radius 2 is 1.85 bits per heavy atom. The summed E-state index contributed by atoms with van der Waals surface area (Å²) < 4.78 is 7.27. The minimum absolute atomic E-state index is 0.0656. The molecule has 0 bridgehead atoms. The van der Waals surface area contributed by atoms with Gasteiger partial charge in [-0.25, -0.2) is 4.99 Å². The fraction of sp³-hybridized carbons (Fsp3) is 0.0800. The van der Waals surface area contributed by atoms with E-state index in [4.69, 9.17) is 15.1 Å². The van der Waals surface area contributed by atoms with E-state index in [2.05, 4.69) is 0 Å². The van der Waals surface area contributed by atoms with E-state index in [1.165, 1.54) is 11.8 Å². The average Bonchev–Trinajstić information content (AvgIpc) is 3.51. The highest BCUT2D eigenvalue weighted by molar-refractivity contribution is 8.18. The first-order chi connectivity index (χ1) is 16.1. The fourth-order valence-corrected chi connectivity index (χ4v) is 4.72. The Balaban J connectivity index is 1.55. The topological polar surface area (TPSA) is 93.8 Å². The van der Waals surface area contributed by atoms with Crippen LogP contribution in [-0.2, 0) is 22.7 Å². The van der Waals surface area contributed by atoms with Crippen molar-refractivity contribution in [1.29, 1.82) is 0 Å². The summed E-state index contributed by atoms with van der Waals surface area (Å²) in [5.74, 6) is 0.0880. The maximum atomic E-state index is 13.4. The number of nitrogens with two attached hydrogens (primary N) is 1. The number of hydrogen-bond donors (Lipinski definition) is 1. The number of nitrogens with zero attached hydrogens (tertiary/aromatic N) is 3. The number of fused-ring (bicyclic) bond motifs is 1. The molecule has 0 saturated carbocycles. The lowest BCUT2D eigenvalue weighted by atomic mass is 10.1. The minimum Gasteiger partial charge on any atom is -0.467 e. The van der Waals surface area contributed by atoms with Crippen LogP contribution in [0.5, 0.6) is 0 Å². The second-order valence-corrected chi connectivity index (χ2v) is 8.52. The zero-order valence-corrected chi connectivity index (χ0v) is 18.4. The Kier molecular flexibility index (Phi) is 5.58. The molecule has 1 fully saturated rings. The first-order valence-electron chi connectivity index (χ1n) is 10.3. The molecule has 0 spiro atoms. The molecule has 2 amide bonds. The van der Waals surface area contributed by atoms with Crippen molar-refractivity contribution in [3.63, 3.8) is 0 Å². The van der Waals surface area contributed by atoms with Gasteiger partial charge >= 0.3 is 0 Å². The van der Waals surface area contributed by atoms with Crippen LogP contribution in [0.3, 0.4) is 0 Å². The second-order valence-electron chi connectivity index (χ2n) is 7.51. The first-order valence-corrected chi connectivity index (χ1v) is 11.1. The summed E-state index contributed by atoms with van der Waals surface area (Å²) in [6.45, 7) is 0.349. The normalized spacial score (nSPS) is 16.4. The van der Waals surface area contributed by atoms with Crippen molar-refractivity contribution < 1.29 is 14.0 Å². The highest BCUT2D eigenvalue weighted by atomic mass is 32.2. The third-order valence-corrected chi connectivity index (χ3v) is 6.20. The van der Waals surface area contributed by atoms with Crippen molar-refractivity contribution in [2.24, 2.45) is 10.7 Å². The number of carbonyl (C=O) groups excluding carboxylic acids is 2. The van der Waals surface area contributed by atoms with Crippen LogP contribution in [-0.4, -0.2) is 26.4 Å². The molecule has 8 heteroatoms. The van der Waals surface area contributed by atoms with Gasteiger partial charge in [-0.3, -0.25) is 14.5 Å². The molecule has 0 radical (unpaired) electrons. The molecule has 0 aliphatic carbocycles. The molecule has 4 aromatic rings. The minimum atomic E-state index is -0.428. The van der Waals surface area contributed by atoms with Crippen LogP contribution < -0.4 is 5.73 Å². The number of aliphatic imine (C=N–C) groups is 1. The lowest BCUT2D eigenvalue weighted by Crippen LogP contribution is -2.28. The van der Waals surface area contributed by atoms with Crippen LogP contribution in [0.2, 0.25) is 0 Å². The van der Waals surface area contributed by atoms with Gasteiger partial charge in [0.05, 0.1) is 23.4 Å². The zero-order valence-electron chi connectivity index (χ0n) is 17.5. The number of aromatic nitrogens is 1. The van der Waals surface area contributed by atoms with Gasteiger partial charge in [-0.15, -0.1) is 0 Å². The number of para-hydroxylation sites is 2. The molecule has 1 aliphatic heterocycles. The third-order valence-electron chi connectivity index (χ3n) is 5.20. The van der Waals surface area contributed by atoms with Crippen LogP contribution >= 0.6 is 11.8 Å². The molecule has 0 atom stereocenters.